The van der Waals surface area contributed by atoms with Crippen LogP contribution in [0.15, 0.2) is 64.5 Å². The molecule has 1 aromatic heterocycles. The van der Waals surface area contributed by atoms with Gasteiger partial charge in [0.05, 0.1) is 37.9 Å². The van der Waals surface area contributed by atoms with Gasteiger partial charge in [0.15, 0.2) is 17.3 Å². The first-order chi connectivity index (χ1) is 17.4. The Balaban J connectivity index is 1.98. The number of rotatable bonds is 8. The maximum atomic E-state index is 13.7. The van der Waals surface area contributed by atoms with E-state index in [1.807, 2.05) is 62.4 Å². The molecule has 7 nitrogen and oxygen atoms in total. The van der Waals surface area contributed by atoms with Crippen LogP contribution in [0, 0.1) is 6.92 Å². The predicted molar refractivity (Wildman–Crippen MR) is 144 cm³/mol. The number of benzene rings is 3. The van der Waals surface area contributed by atoms with Crippen molar-refractivity contribution in [1.82, 2.24) is 9.66 Å². The molecule has 0 unspecified atom stereocenters. The maximum absolute atomic E-state index is 13.7. The summed E-state index contributed by atoms with van der Waals surface area (Å²) in [6.07, 6.45) is 1.61. The predicted octanol–water partition coefficient (Wildman–Crippen LogP) is 5.79. The first-order valence-electron chi connectivity index (χ1n) is 11.9. The number of aromatic nitrogens is 2. The summed E-state index contributed by atoms with van der Waals surface area (Å²) in [5.41, 5.74) is 3.82. The second kappa shape index (κ2) is 10.6. The summed E-state index contributed by atoms with van der Waals surface area (Å²) in [6, 6.07) is 16.9. The third-order valence-electron chi connectivity index (χ3n) is 6.02. The monoisotopic (exact) mass is 485 g/mol. The molecular weight excluding hydrogens is 454 g/mol. The number of methoxy groups -OCH3 is 2. The van der Waals surface area contributed by atoms with Crippen LogP contribution < -0.4 is 19.8 Å². The van der Waals surface area contributed by atoms with Crippen molar-refractivity contribution in [2.45, 2.75) is 33.6 Å². The number of para-hydroxylation sites is 2. The molecule has 4 aromatic rings. The van der Waals surface area contributed by atoms with E-state index in [1.165, 1.54) is 4.68 Å². The van der Waals surface area contributed by atoms with Crippen LogP contribution in [0.5, 0.6) is 17.2 Å². The van der Waals surface area contributed by atoms with Crippen LogP contribution in [0.2, 0.25) is 0 Å². The van der Waals surface area contributed by atoms with Crippen molar-refractivity contribution in [1.29, 1.82) is 0 Å². The SMILES string of the molecule is CCOc1c(C=Nn2c(-c3cc(C(C)C)c(OC)cc3C)nc3ccccc3c2=O)cccc1OC. The molecule has 0 aliphatic carbocycles. The van der Waals surface area contributed by atoms with Crippen molar-refractivity contribution < 1.29 is 14.2 Å². The second-order valence-corrected chi connectivity index (χ2v) is 8.69. The summed E-state index contributed by atoms with van der Waals surface area (Å²) >= 11 is 0. The van der Waals surface area contributed by atoms with Crippen molar-refractivity contribution in [2.75, 3.05) is 20.8 Å². The van der Waals surface area contributed by atoms with Gasteiger partial charge in [-0.25, -0.2) is 4.98 Å². The minimum Gasteiger partial charge on any atom is -0.496 e. The summed E-state index contributed by atoms with van der Waals surface area (Å²) in [5.74, 6) is 2.64. The van der Waals surface area contributed by atoms with Crippen molar-refractivity contribution in [2.24, 2.45) is 5.10 Å². The first-order valence-corrected chi connectivity index (χ1v) is 11.9. The van der Waals surface area contributed by atoms with Crippen LogP contribution in [0.3, 0.4) is 0 Å². The van der Waals surface area contributed by atoms with E-state index >= 15 is 0 Å². The van der Waals surface area contributed by atoms with E-state index in [0.717, 1.165) is 22.4 Å². The zero-order chi connectivity index (χ0) is 25.8. The third-order valence-corrected chi connectivity index (χ3v) is 6.02. The molecule has 0 saturated carbocycles. The van der Waals surface area contributed by atoms with E-state index < -0.39 is 0 Å². The molecule has 0 N–H and O–H groups in total. The first kappa shape index (κ1) is 25.0. The number of ether oxygens (including phenoxy) is 3. The van der Waals surface area contributed by atoms with Gasteiger partial charge in [0.1, 0.15) is 5.75 Å². The second-order valence-electron chi connectivity index (χ2n) is 8.69. The number of hydrogen-bond donors (Lipinski definition) is 0. The molecule has 4 rings (SSSR count). The van der Waals surface area contributed by atoms with Gasteiger partial charge in [-0.2, -0.15) is 9.78 Å². The van der Waals surface area contributed by atoms with E-state index in [0.29, 0.717) is 40.4 Å². The third kappa shape index (κ3) is 4.69. The number of hydrogen-bond acceptors (Lipinski definition) is 6. The maximum Gasteiger partial charge on any atom is 0.282 e. The average Bonchev–Trinajstić information content (AvgIpc) is 2.88. The molecule has 0 saturated heterocycles. The Kier molecular flexibility index (Phi) is 7.38. The van der Waals surface area contributed by atoms with E-state index in [2.05, 4.69) is 18.9 Å². The van der Waals surface area contributed by atoms with Gasteiger partial charge in [-0.05, 0) is 67.3 Å². The van der Waals surface area contributed by atoms with Crippen LogP contribution in [0.4, 0.5) is 0 Å². The molecule has 7 heteroatoms. The average molecular weight is 486 g/mol. The molecule has 186 valence electrons. The molecule has 0 aliphatic rings. The molecule has 0 spiro atoms. The summed E-state index contributed by atoms with van der Waals surface area (Å²) in [6.45, 7) is 8.56. The van der Waals surface area contributed by atoms with Gasteiger partial charge >= 0.3 is 0 Å². The lowest BCUT2D eigenvalue weighted by atomic mass is 9.96. The highest BCUT2D eigenvalue weighted by molar-refractivity contribution is 5.86. The van der Waals surface area contributed by atoms with Crippen molar-refractivity contribution in [3.05, 3.63) is 81.6 Å². The fraction of sp³-hybridized carbons (Fsp3) is 0.276. The fourth-order valence-electron chi connectivity index (χ4n) is 4.19. The number of aryl methyl sites for hydroxylation is 1. The molecular formula is C29H31N3O4. The van der Waals surface area contributed by atoms with Gasteiger partial charge in [-0.1, -0.05) is 32.0 Å². The Morgan fingerprint density at radius 3 is 2.47 bits per heavy atom. The highest BCUT2D eigenvalue weighted by Crippen LogP contribution is 2.34. The zero-order valence-corrected chi connectivity index (χ0v) is 21.5. The van der Waals surface area contributed by atoms with E-state index in [-0.39, 0.29) is 11.5 Å². The quantitative estimate of drug-likeness (QED) is 0.295. The van der Waals surface area contributed by atoms with Gasteiger partial charge < -0.3 is 14.2 Å². The molecule has 0 aliphatic heterocycles. The van der Waals surface area contributed by atoms with Crippen LogP contribution in [-0.4, -0.2) is 36.7 Å². The van der Waals surface area contributed by atoms with Gasteiger partial charge in [0.2, 0.25) is 0 Å². The van der Waals surface area contributed by atoms with Crippen molar-refractivity contribution in [3.8, 4) is 28.6 Å². The number of fused-ring (bicyclic) bond motifs is 1. The lowest BCUT2D eigenvalue weighted by Gasteiger charge is -2.17. The summed E-state index contributed by atoms with van der Waals surface area (Å²) < 4.78 is 18.3. The van der Waals surface area contributed by atoms with Gasteiger partial charge in [-0.3, -0.25) is 4.79 Å². The smallest absolute Gasteiger partial charge is 0.282 e. The minimum atomic E-state index is -0.256. The Morgan fingerprint density at radius 1 is 1.03 bits per heavy atom. The molecule has 0 radical (unpaired) electrons. The molecule has 3 aromatic carbocycles. The molecule has 0 fully saturated rings. The van der Waals surface area contributed by atoms with Crippen LogP contribution >= 0.6 is 0 Å². The normalized spacial score (nSPS) is 11.4. The van der Waals surface area contributed by atoms with Crippen molar-refractivity contribution >= 4 is 17.1 Å². The largest absolute Gasteiger partial charge is 0.496 e. The summed E-state index contributed by atoms with van der Waals surface area (Å²) in [5, 5.41) is 5.12. The van der Waals surface area contributed by atoms with E-state index in [9.17, 15) is 4.79 Å². The Labute approximate surface area is 211 Å². The molecule has 0 atom stereocenters. The molecule has 0 amide bonds. The molecule has 1 heterocycles. The highest BCUT2D eigenvalue weighted by atomic mass is 16.5. The highest BCUT2D eigenvalue weighted by Gasteiger charge is 2.18. The summed E-state index contributed by atoms with van der Waals surface area (Å²) in [4.78, 5) is 18.5. The summed E-state index contributed by atoms with van der Waals surface area (Å²) in [7, 11) is 3.26. The van der Waals surface area contributed by atoms with Gasteiger partial charge in [0.25, 0.3) is 5.56 Å². The van der Waals surface area contributed by atoms with E-state index in [1.54, 1.807) is 26.5 Å². The van der Waals surface area contributed by atoms with E-state index in [4.69, 9.17) is 19.2 Å². The Bertz CT molecular complexity index is 1490. The van der Waals surface area contributed by atoms with Crippen LogP contribution in [-0.2, 0) is 0 Å². The van der Waals surface area contributed by atoms with Gasteiger partial charge in [-0.15, -0.1) is 0 Å². The Morgan fingerprint density at radius 2 is 1.78 bits per heavy atom. The topological polar surface area (TPSA) is 74.9 Å². The standard InChI is InChI=1S/C29H31N3O4/c1-7-36-27-20(11-10-14-25(27)34-5)17-30-32-28(31-24-13-9-8-12-21(24)29(32)33)23-16-22(18(2)3)26(35-6)15-19(23)4/h8-18H,7H2,1-6H3. The Hall–Kier alpha value is -4.13. The van der Waals surface area contributed by atoms with Crippen LogP contribution in [0.25, 0.3) is 22.3 Å². The number of nitrogens with zero attached hydrogens (tertiary/aromatic N) is 3. The van der Waals surface area contributed by atoms with Crippen LogP contribution in [0.1, 0.15) is 43.4 Å². The fourth-order valence-corrected chi connectivity index (χ4v) is 4.19. The van der Waals surface area contributed by atoms with Gasteiger partial charge in [0, 0.05) is 11.1 Å². The lowest BCUT2D eigenvalue weighted by Crippen LogP contribution is -2.21. The zero-order valence-electron chi connectivity index (χ0n) is 21.5. The van der Waals surface area contributed by atoms with Crippen molar-refractivity contribution in [3.63, 3.8) is 0 Å². The molecule has 36 heavy (non-hydrogen) atoms. The lowest BCUT2D eigenvalue weighted by molar-refractivity contribution is 0.310. The minimum absolute atomic E-state index is 0.217. The molecule has 0 bridgehead atoms.